The second kappa shape index (κ2) is 10.5. The van der Waals surface area contributed by atoms with Crippen molar-refractivity contribution >= 4 is 51.3 Å². The second-order valence-corrected chi connectivity index (χ2v) is 8.82. The van der Waals surface area contributed by atoms with E-state index in [0.717, 1.165) is 27.2 Å². The Morgan fingerprint density at radius 1 is 0.919 bits per heavy atom. The van der Waals surface area contributed by atoms with Crippen molar-refractivity contribution in [1.29, 1.82) is 0 Å². The molecule has 0 saturated heterocycles. The Kier molecular flexibility index (Phi) is 6.78. The maximum atomic E-state index is 11.1. The van der Waals surface area contributed by atoms with Crippen molar-refractivity contribution in [2.45, 2.75) is 0 Å². The summed E-state index contributed by atoms with van der Waals surface area (Å²) in [4.78, 5) is 25.8. The fraction of sp³-hybridized carbons (Fsp3) is 0.0714. The Hall–Kier alpha value is -4.76. The number of methoxy groups -OCH3 is 2. The van der Waals surface area contributed by atoms with E-state index < -0.39 is 5.97 Å². The van der Waals surface area contributed by atoms with E-state index in [1.807, 2.05) is 54.6 Å². The van der Waals surface area contributed by atoms with Gasteiger partial charge >= 0.3 is 5.97 Å². The van der Waals surface area contributed by atoms with Crippen LogP contribution in [0.3, 0.4) is 0 Å². The molecular weight excluding hydrogens is 488 g/mol. The highest BCUT2D eigenvalue weighted by atomic mass is 32.1. The first-order chi connectivity index (χ1) is 18.0. The van der Waals surface area contributed by atoms with Crippen LogP contribution in [-0.4, -0.2) is 40.2 Å². The summed E-state index contributed by atoms with van der Waals surface area (Å²) >= 11 is 1.45. The molecule has 5 aromatic rings. The van der Waals surface area contributed by atoms with Crippen LogP contribution in [0.1, 0.15) is 21.5 Å². The first kappa shape index (κ1) is 24.0. The number of ether oxygens (including phenoxy) is 2. The normalized spacial score (nSPS) is 11.1. The van der Waals surface area contributed by atoms with Crippen molar-refractivity contribution in [3.8, 4) is 22.9 Å². The number of hydrogen-bond acceptors (Lipinski definition) is 8. The molecule has 0 amide bonds. The van der Waals surface area contributed by atoms with E-state index in [-0.39, 0.29) is 5.56 Å². The minimum absolute atomic E-state index is 0.257. The topological polar surface area (TPSA) is 106 Å². The van der Waals surface area contributed by atoms with E-state index in [2.05, 4.69) is 10.3 Å². The van der Waals surface area contributed by atoms with Crippen molar-refractivity contribution in [3.63, 3.8) is 0 Å². The predicted octanol–water partition coefficient (Wildman–Crippen LogP) is 6.38. The first-order valence-corrected chi connectivity index (χ1v) is 12.1. The number of hydrogen-bond donors (Lipinski definition) is 2. The van der Waals surface area contributed by atoms with Crippen molar-refractivity contribution < 1.29 is 19.4 Å². The standard InChI is InChI=1S/C28H22N4O4S/c1-35-22-13-12-21(15-23(22)36-2)30-26-24-27(37-16-29-24)32-25(31-26)20-5-3-4-18(14-20)7-6-17-8-10-19(11-9-17)28(33)34/h3-16H,1-2H3,(H,33,34)(H,30,31,32)/b7-6+. The lowest BCUT2D eigenvalue weighted by molar-refractivity contribution is 0.0697. The average Bonchev–Trinajstić information content (AvgIpc) is 3.41. The number of anilines is 2. The van der Waals surface area contributed by atoms with Gasteiger partial charge in [0.2, 0.25) is 0 Å². The van der Waals surface area contributed by atoms with Crippen molar-refractivity contribution in [2.75, 3.05) is 19.5 Å². The molecule has 2 N–H and O–H groups in total. The number of nitrogens with zero attached hydrogens (tertiary/aromatic N) is 3. The molecule has 0 saturated carbocycles. The van der Waals surface area contributed by atoms with Crippen LogP contribution in [0.5, 0.6) is 11.5 Å². The van der Waals surface area contributed by atoms with E-state index in [4.69, 9.17) is 24.5 Å². The number of carbonyl (C=O) groups is 1. The van der Waals surface area contributed by atoms with Gasteiger partial charge in [-0.25, -0.2) is 19.7 Å². The quantitative estimate of drug-likeness (QED) is 0.232. The summed E-state index contributed by atoms with van der Waals surface area (Å²) in [6.07, 6.45) is 3.90. The molecule has 3 aromatic carbocycles. The van der Waals surface area contributed by atoms with Crippen LogP contribution in [0.4, 0.5) is 11.5 Å². The number of benzene rings is 3. The highest BCUT2D eigenvalue weighted by molar-refractivity contribution is 7.16. The highest BCUT2D eigenvalue weighted by Gasteiger charge is 2.14. The molecule has 5 rings (SSSR count). The molecule has 0 bridgehead atoms. The zero-order chi connectivity index (χ0) is 25.8. The van der Waals surface area contributed by atoms with Crippen LogP contribution >= 0.6 is 11.3 Å². The van der Waals surface area contributed by atoms with Gasteiger partial charge in [0.05, 0.1) is 25.3 Å². The third-order valence-electron chi connectivity index (χ3n) is 5.62. The summed E-state index contributed by atoms with van der Waals surface area (Å²) in [5, 5.41) is 12.4. The van der Waals surface area contributed by atoms with Gasteiger partial charge in [-0.1, -0.05) is 42.5 Å². The van der Waals surface area contributed by atoms with Gasteiger partial charge in [0.15, 0.2) is 23.1 Å². The number of fused-ring (bicyclic) bond motifs is 1. The van der Waals surface area contributed by atoms with Gasteiger partial charge in [0, 0.05) is 17.3 Å². The summed E-state index contributed by atoms with van der Waals surface area (Å²) in [5.41, 5.74) is 6.19. The summed E-state index contributed by atoms with van der Waals surface area (Å²) in [6.45, 7) is 0. The first-order valence-electron chi connectivity index (χ1n) is 11.3. The van der Waals surface area contributed by atoms with Gasteiger partial charge in [0.25, 0.3) is 0 Å². The average molecular weight is 511 g/mol. The lowest BCUT2D eigenvalue weighted by Crippen LogP contribution is -2.00. The third kappa shape index (κ3) is 5.26. The molecule has 0 unspecified atom stereocenters. The van der Waals surface area contributed by atoms with E-state index >= 15 is 0 Å². The van der Waals surface area contributed by atoms with Gasteiger partial charge in [-0.2, -0.15) is 0 Å². The fourth-order valence-corrected chi connectivity index (χ4v) is 4.40. The minimum Gasteiger partial charge on any atom is -0.493 e. The zero-order valence-electron chi connectivity index (χ0n) is 20.0. The lowest BCUT2D eigenvalue weighted by Gasteiger charge is -2.12. The van der Waals surface area contributed by atoms with Gasteiger partial charge in [0.1, 0.15) is 10.3 Å². The molecule has 2 heterocycles. The Labute approximate surface area is 216 Å². The third-order valence-corrected chi connectivity index (χ3v) is 6.33. The molecule has 0 spiro atoms. The van der Waals surface area contributed by atoms with Crippen molar-refractivity contribution in [2.24, 2.45) is 0 Å². The lowest BCUT2D eigenvalue weighted by atomic mass is 10.1. The number of nitrogens with one attached hydrogen (secondary N) is 1. The maximum absolute atomic E-state index is 11.1. The van der Waals surface area contributed by atoms with Crippen LogP contribution in [0.15, 0.2) is 72.2 Å². The Bertz CT molecular complexity index is 1610. The number of thiazole rings is 1. The smallest absolute Gasteiger partial charge is 0.335 e. The summed E-state index contributed by atoms with van der Waals surface area (Å²) < 4.78 is 10.8. The molecule has 0 atom stereocenters. The van der Waals surface area contributed by atoms with Gasteiger partial charge in [-0.15, -0.1) is 11.3 Å². The van der Waals surface area contributed by atoms with Gasteiger partial charge < -0.3 is 19.9 Å². The second-order valence-electron chi connectivity index (χ2n) is 7.98. The van der Waals surface area contributed by atoms with Gasteiger partial charge in [-0.3, -0.25) is 0 Å². The summed E-state index contributed by atoms with van der Waals surface area (Å²) in [7, 11) is 3.19. The minimum atomic E-state index is -0.943. The molecular formula is C28H22N4O4S. The highest BCUT2D eigenvalue weighted by Crippen LogP contribution is 2.33. The molecule has 0 aliphatic heterocycles. The molecule has 184 valence electrons. The van der Waals surface area contributed by atoms with Crippen LogP contribution in [0.2, 0.25) is 0 Å². The monoisotopic (exact) mass is 510 g/mol. The van der Waals surface area contributed by atoms with E-state index in [1.165, 1.54) is 11.3 Å². The molecule has 0 aliphatic carbocycles. The Morgan fingerprint density at radius 2 is 1.70 bits per heavy atom. The van der Waals surface area contributed by atoms with E-state index in [0.29, 0.717) is 28.7 Å². The summed E-state index contributed by atoms with van der Waals surface area (Å²) in [6, 6.07) is 20.2. The predicted molar refractivity (Wildman–Crippen MR) is 146 cm³/mol. The van der Waals surface area contributed by atoms with Crippen LogP contribution in [-0.2, 0) is 0 Å². The number of carboxylic acids is 1. The summed E-state index contributed by atoms with van der Waals surface area (Å²) in [5.74, 6) is 1.46. The van der Waals surface area contributed by atoms with E-state index in [9.17, 15) is 4.79 Å². The van der Waals surface area contributed by atoms with E-state index in [1.54, 1.807) is 44.0 Å². The largest absolute Gasteiger partial charge is 0.493 e. The van der Waals surface area contributed by atoms with Crippen LogP contribution in [0, 0.1) is 0 Å². The number of aromatic carboxylic acids is 1. The number of aromatic nitrogens is 3. The maximum Gasteiger partial charge on any atom is 0.335 e. The van der Waals surface area contributed by atoms with Crippen molar-refractivity contribution in [1.82, 2.24) is 15.0 Å². The molecule has 0 fully saturated rings. The number of rotatable bonds is 8. The zero-order valence-corrected chi connectivity index (χ0v) is 20.8. The van der Waals surface area contributed by atoms with Crippen LogP contribution < -0.4 is 14.8 Å². The molecule has 9 heteroatoms. The fourth-order valence-electron chi connectivity index (χ4n) is 3.74. The number of carboxylic acid groups (broad SMARTS) is 1. The molecule has 8 nitrogen and oxygen atoms in total. The van der Waals surface area contributed by atoms with Gasteiger partial charge in [-0.05, 0) is 41.5 Å². The molecule has 0 aliphatic rings. The Morgan fingerprint density at radius 3 is 2.46 bits per heavy atom. The van der Waals surface area contributed by atoms with Crippen LogP contribution in [0.25, 0.3) is 33.9 Å². The van der Waals surface area contributed by atoms with Crippen molar-refractivity contribution in [3.05, 3.63) is 88.9 Å². The molecule has 0 radical (unpaired) electrons. The SMILES string of the molecule is COc1ccc(Nc2nc(-c3cccc(/C=C/c4ccc(C(=O)O)cc4)c3)nc3scnc23)cc1OC. The Balaban J connectivity index is 1.45. The molecule has 37 heavy (non-hydrogen) atoms. The molecule has 2 aromatic heterocycles.